The van der Waals surface area contributed by atoms with Crippen LogP contribution in [0.5, 0.6) is 5.75 Å². The summed E-state index contributed by atoms with van der Waals surface area (Å²) in [6, 6.07) is 18.2. The Labute approximate surface area is 258 Å². The minimum atomic E-state index is -0.171. The smallest absolute Gasteiger partial charge is 0.305 e. The van der Waals surface area contributed by atoms with E-state index in [-0.39, 0.29) is 28.9 Å². The summed E-state index contributed by atoms with van der Waals surface area (Å²) in [4.78, 5) is 31.7. The van der Waals surface area contributed by atoms with Crippen LogP contribution < -0.4 is 10.2 Å². The number of aromatic hydroxyl groups is 1. The predicted octanol–water partition coefficient (Wildman–Crippen LogP) is 4.82. The van der Waals surface area contributed by atoms with E-state index in [4.69, 9.17) is 4.74 Å². The van der Waals surface area contributed by atoms with Gasteiger partial charge in [-0.25, -0.2) is 0 Å². The van der Waals surface area contributed by atoms with Gasteiger partial charge in [0.15, 0.2) is 0 Å². The summed E-state index contributed by atoms with van der Waals surface area (Å²) in [6.45, 7) is 10.7. The van der Waals surface area contributed by atoms with Gasteiger partial charge in [-0.05, 0) is 60.4 Å². The molecule has 0 saturated carbocycles. The highest BCUT2D eigenvalue weighted by Gasteiger charge is 2.15. The van der Waals surface area contributed by atoms with Crippen molar-refractivity contribution in [1.82, 2.24) is 20.1 Å². The van der Waals surface area contributed by atoms with E-state index >= 15 is 0 Å². The van der Waals surface area contributed by atoms with Crippen molar-refractivity contribution in [2.75, 3.05) is 59.0 Å². The van der Waals surface area contributed by atoms with Crippen LogP contribution in [0.4, 0.5) is 0 Å². The van der Waals surface area contributed by atoms with Gasteiger partial charge >= 0.3 is 4.87 Å². The van der Waals surface area contributed by atoms with E-state index in [1.54, 1.807) is 6.07 Å². The molecule has 1 aromatic heterocycles. The number of benzene rings is 3. The van der Waals surface area contributed by atoms with Crippen LogP contribution in [0.3, 0.4) is 0 Å². The third kappa shape index (κ3) is 9.28. The maximum Gasteiger partial charge on any atom is 0.305 e. The molecule has 0 spiro atoms. The lowest BCUT2D eigenvalue weighted by atomic mass is 10.0. The molecule has 1 amide bonds. The van der Waals surface area contributed by atoms with Crippen LogP contribution in [0.25, 0.3) is 21.0 Å². The molecule has 0 aliphatic carbocycles. The van der Waals surface area contributed by atoms with Crippen LogP contribution >= 0.6 is 23.7 Å². The number of phenols is 1. The Morgan fingerprint density at radius 2 is 1.71 bits per heavy atom. The molecular formula is C32H43ClN4O4S. The molecule has 0 saturated heterocycles. The van der Waals surface area contributed by atoms with Crippen molar-refractivity contribution in [3.8, 4) is 5.75 Å². The number of rotatable bonds is 17. The van der Waals surface area contributed by atoms with Crippen molar-refractivity contribution in [2.24, 2.45) is 0 Å². The molecule has 8 nitrogen and oxygen atoms in total. The van der Waals surface area contributed by atoms with Crippen LogP contribution in [0, 0.1) is 0 Å². The number of nitrogens with one attached hydrogen (secondary N) is 2. The lowest BCUT2D eigenvalue weighted by Gasteiger charge is -2.27. The molecule has 228 valence electrons. The van der Waals surface area contributed by atoms with Crippen LogP contribution in [0.2, 0.25) is 0 Å². The second kappa shape index (κ2) is 17.2. The number of carbonyl (C=O) groups excluding carboxylic acids is 1. The molecule has 4 aromatic rings. The molecule has 0 radical (unpaired) electrons. The van der Waals surface area contributed by atoms with E-state index in [2.05, 4.69) is 71.5 Å². The first-order valence-electron chi connectivity index (χ1n) is 14.6. The minimum Gasteiger partial charge on any atom is -0.506 e. The van der Waals surface area contributed by atoms with E-state index < -0.39 is 0 Å². The Morgan fingerprint density at radius 3 is 2.52 bits per heavy atom. The van der Waals surface area contributed by atoms with Gasteiger partial charge in [0, 0.05) is 26.2 Å². The highest BCUT2D eigenvalue weighted by Crippen LogP contribution is 2.27. The van der Waals surface area contributed by atoms with Crippen molar-refractivity contribution >= 4 is 50.6 Å². The number of likely N-dealkylation sites (N-methyl/N-ethyl adjacent to an activating group) is 1. The fourth-order valence-electron chi connectivity index (χ4n) is 5.11. The van der Waals surface area contributed by atoms with Gasteiger partial charge in [0.25, 0.3) is 0 Å². The Kier molecular flexibility index (Phi) is 13.8. The van der Waals surface area contributed by atoms with E-state index in [0.717, 1.165) is 54.1 Å². The number of hydrogen-bond acceptors (Lipinski definition) is 7. The number of amides is 1. The summed E-state index contributed by atoms with van der Waals surface area (Å²) in [6.07, 6.45) is 1.91. The number of phenolic OH excluding ortho intramolecular Hbond substituents is 1. The highest BCUT2D eigenvalue weighted by molar-refractivity contribution is 7.16. The summed E-state index contributed by atoms with van der Waals surface area (Å²) in [5.74, 6) is 0.205. The molecule has 3 aromatic carbocycles. The van der Waals surface area contributed by atoms with Gasteiger partial charge in [0.05, 0.1) is 24.3 Å². The second-order valence-corrected chi connectivity index (χ2v) is 11.1. The molecule has 4 rings (SSSR count). The van der Waals surface area contributed by atoms with E-state index in [1.807, 2.05) is 11.0 Å². The molecule has 0 unspecified atom stereocenters. The molecule has 0 atom stereocenters. The summed E-state index contributed by atoms with van der Waals surface area (Å²) in [5, 5.41) is 15.9. The molecule has 0 fully saturated rings. The van der Waals surface area contributed by atoms with Crippen LogP contribution in [0.15, 0.2) is 59.4 Å². The lowest BCUT2D eigenvalue weighted by molar-refractivity contribution is -0.132. The third-order valence-corrected chi connectivity index (χ3v) is 8.52. The van der Waals surface area contributed by atoms with Crippen molar-refractivity contribution in [2.45, 2.75) is 33.1 Å². The largest absolute Gasteiger partial charge is 0.506 e. The molecule has 42 heavy (non-hydrogen) atoms. The number of H-pyrrole nitrogens is 1. The second-order valence-electron chi connectivity index (χ2n) is 10.1. The van der Waals surface area contributed by atoms with Crippen molar-refractivity contribution < 1.29 is 14.6 Å². The van der Waals surface area contributed by atoms with Crippen molar-refractivity contribution in [1.29, 1.82) is 0 Å². The summed E-state index contributed by atoms with van der Waals surface area (Å²) >= 11 is 1.12. The molecule has 0 aliphatic rings. The number of aromatic amines is 1. The molecular weight excluding hydrogens is 572 g/mol. The average molecular weight is 615 g/mol. The molecule has 1 heterocycles. The standard InChI is InChI=1S/C32H42N4O4S.ClH/c1-3-35(4-2)20-21-36(19-18-33-17-14-26-12-13-28(37)30-31(26)41-32(39)34-30)29(38)16-23-40-22-15-25-10-7-9-24-8-5-6-11-27(24)25;/h5-13,33,37H,3-4,14-23H2,1-2H3,(H,34,39);1H. The molecule has 0 aliphatic heterocycles. The fraction of sp³-hybridized carbons (Fsp3) is 0.438. The molecule has 0 bridgehead atoms. The number of thiazole rings is 1. The van der Waals surface area contributed by atoms with Gasteiger partial charge in [-0.15, -0.1) is 12.4 Å². The zero-order valence-corrected chi connectivity index (χ0v) is 26.2. The zero-order valence-electron chi connectivity index (χ0n) is 24.6. The van der Waals surface area contributed by atoms with Gasteiger partial charge in [-0.1, -0.05) is 73.7 Å². The number of carbonyl (C=O) groups is 1. The fourth-order valence-corrected chi connectivity index (χ4v) is 6.00. The Bertz CT molecular complexity index is 1460. The zero-order chi connectivity index (χ0) is 29.0. The monoisotopic (exact) mass is 614 g/mol. The average Bonchev–Trinajstić information content (AvgIpc) is 3.39. The Morgan fingerprint density at radius 1 is 0.929 bits per heavy atom. The summed E-state index contributed by atoms with van der Waals surface area (Å²) in [5.41, 5.74) is 2.79. The van der Waals surface area contributed by atoms with Crippen molar-refractivity contribution in [3.05, 3.63) is 75.4 Å². The van der Waals surface area contributed by atoms with E-state index in [1.165, 1.54) is 16.3 Å². The quantitative estimate of drug-likeness (QED) is 0.148. The molecule has 3 N–H and O–H groups in total. The maximum atomic E-state index is 13.2. The lowest BCUT2D eigenvalue weighted by Crippen LogP contribution is -2.42. The van der Waals surface area contributed by atoms with E-state index in [0.29, 0.717) is 51.3 Å². The van der Waals surface area contributed by atoms with E-state index in [9.17, 15) is 14.7 Å². The first-order chi connectivity index (χ1) is 20.0. The van der Waals surface area contributed by atoms with Crippen LogP contribution in [-0.2, 0) is 22.4 Å². The number of aromatic nitrogens is 1. The van der Waals surface area contributed by atoms with Gasteiger partial charge in [0.2, 0.25) is 5.91 Å². The number of halogens is 1. The summed E-state index contributed by atoms with van der Waals surface area (Å²) < 4.78 is 6.70. The topological polar surface area (TPSA) is 97.9 Å². The van der Waals surface area contributed by atoms with Gasteiger partial charge in [-0.2, -0.15) is 0 Å². The number of fused-ring (bicyclic) bond motifs is 2. The minimum absolute atomic E-state index is 0. The number of nitrogens with zero attached hydrogens (tertiary/aromatic N) is 2. The predicted molar refractivity (Wildman–Crippen MR) is 175 cm³/mol. The van der Waals surface area contributed by atoms with Crippen LogP contribution in [0.1, 0.15) is 31.4 Å². The van der Waals surface area contributed by atoms with Gasteiger partial charge in [0.1, 0.15) is 11.3 Å². The Hall–Kier alpha value is -2.95. The first kappa shape index (κ1) is 33.6. The van der Waals surface area contributed by atoms with Gasteiger partial charge < -0.3 is 29.9 Å². The maximum absolute atomic E-state index is 13.2. The highest BCUT2D eigenvalue weighted by atomic mass is 35.5. The normalized spacial score (nSPS) is 11.3. The SMILES string of the molecule is CCN(CC)CCN(CCNCCc1ccc(O)c2[nH]c(=O)sc12)C(=O)CCOCCc1cccc2ccccc12.Cl. The van der Waals surface area contributed by atoms with Crippen LogP contribution in [-0.4, -0.2) is 84.8 Å². The molecule has 10 heteroatoms. The number of hydrogen-bond donors (Lipinski definition) is 3. The number of ether oxygens (including phenoxy) is 1. The summed E-state index contributed by atoms with van der Waals surface area (Å²) in [7, 11) is 0. The third-order valence-electron chi connectivity index (χ3n) is 7.56. The first-order valence-corrected chi connectivity index (χ1v) is 15.4. The Balaban J connectivity index is 0.00000484. The van der Waals surface area contributed by atoms with Gasteiger partial charge in [-0.3, -0.25) is 9.59 Å². The van der Waals surface area contributed by atoms with Crippen molar-refractivity contribution in [3.63, 3.8) is 0 Å².